The van der Waals surface area contributed by atoms with E-state index in [-0.39, 0.29) is 19.2 Å². The number of rotatable bonds is 8. The zero-order chi connectivity index (χ0) is 23.9. The van der Waals surface area contributed by atoms with Gasteiger partial charge in [-0.05, 0) is 63.4 Å². The molecule has 32 heavy (non-hydrogen) atoms. The van der Waals surface area contributed by atoms with Crippen LogP contribution in [0.25, 0.3) is 11.1 Å². The Labute approximate surface area is 194 Å². The number of aliphatic hydroxyl groups excluding tert-OH is 1. The second kappa shape index (κ2) is 11.3. The minimum atomic E-state index is -1.43. The number of benzene rings is 2. The molecule has 0 saturated heterocycles. The van der Waals surface area contributed by atoms with Crippen molar-refractivity contribution in [2.24, 2.45) is 0 Å². The molecule has 0 spiro atoms. The van der Waals surface area contributed by atoms with Gasteiger partial charge in [0, 0.05) is 11.6 Å². The molecule has 0 saturated carbocycles. The molecule has 2 aromatic carbocycles. The number of carbonyl (C=O) groups excluding carboxylic acids is 2. The van der Waals surface area contributed by atoms with Gasteiger partial charge in [-0.25, -0.2) is 14.6 Å². The van der Waals surface area contributed by atoms with Gasteiger partial charge in [-0.1, -0.05) is 48.0 Å². The second-order valence-electron chi connectivity index (χ2n) is 8.70. The van der Waals surface area contributed by atoms with Crippen LogP contribution in [0.4, 0.5) is 4.79 Å². The van der Waals surface area contributed by atoms with E-state index in [9.17, 15) is 14.7 Å². The predicted molar refractivity (Wildman–Crippen MR) is 124 cm³/mol. The molecule has 0 radical (unpaired) electrons. The van der Waals surface area contributed by atoms with Crippen molar-refractivity contribution in [3.05, 3.63) is 59.1 Å². The fourth-order valence-electron chi connectivity index (χ4n) is 2.86. The number of nitrogens with one attached hydrogen (secondary N) is 1. The summed E-state index contributed by atoms with van der Waals surface area (Å²) >= 11 is 6.07. The highest BCUT2D eigenvalue weighted by Crippen LogP contribution is 2.23. The van der Waals surface area contributed by atoms with Crippen LogP contribution in [0.1, 0.15) is 40.2 Å². The highest BCUT2D eigenvalue weighted by atomic mass is 35.5. The lowest BCUT2D eigenvalue weighted by atomic mass is 10.0. The maximum absolute atomic E-state index is 12.3. The average Bonchev–Trinajstić information content (AvgIpc) is 2.66. The highest BCUT2D eigenvalue weighted by Gasteiger charge is 2.24. The maximum Gasteiger partial charge on any atom is 0.422 e. The molecule has 0 heterocycles. The molecule has 0 fully saturated rings. The Morgan fingerprint density at radius 1 is 1.09 bits per heavy atom. The van der Waals surface area contributed by atoms with Crippen LogP contribution < -0.4 is 5.43 Å². The Bertz CT molecular complexity index is 909. The Morgan fingerprint density at radius 3 is 2.31 bits per heavy atom. The Kier molecular flexibility index (Phi) is 9.07. The Hall–Kier alpha value is -2.61. The summed E-state index contributed by atoms with van der Waals surface area (Å²) < 4.78 is 10.4. The number of nitrogens with zero attached hydrogens (tertiary/aromatic N) is 1. The lowest BCUT2D eigenvalue weighted by Gasteiger charge is -2.27. The van der Waals surface area contributed by atoms with Crippen LogP contribution in [0.3, 0.4) is 0 Å². The van der Waals surface area contributed by atoms with Crippen LogP contribution in [-0.2, 0) is 20.8 Å². The molecule has 2 rings (SSSR count). The van der Waals surface area contributed by atoms with E-state index in [1.54, 1.807) is 34.6 Å². The van der Waals surface area contributed by atoms with Gasteiger partial charge in [0.1, 0.15) is 5.60 Å². The third-order valence-electron chi connectivity index (χ3n) is 4.15. The van der Waals surface area contributed by atoms with Gasteiger partial charge in [-0.2, -0.15) is 0 Å². The minimum absolute atomic E-state index is 0.166. The van der Waals surface area contributed by atoms with Crippen LogP contribution in [0.2, 0.25) is 5.02 Å². The predicted octanol–water partition coefficient (Wildman–Crippen LogP) is 4.56. The first-order chi connectivity index (χ1) is 14.9. The molecule has 174 valence electrons. The van der Waals surface area contributed by atoms with Crippen LogP contribution in [0, 0.1) is 0 Å². The van der Waals surface area contributed by atoms with Gasteiger partial charge in [0.05, 0.1) is 12.6 Å². The highest BCUT2D eigenvalue weighted by molar-refractivity contribution is 6.30. The number of amides is 1. The molecule has 0 aromatic heterocycles. The standard InChI is InChI=1S/C24H31ClN2O5/c1-16(2)31-22(29)21(28)15-27(26-23(30)32-24(3,4)5)14-17-9-11-18(12-10-17)19-7-6-8-20(25)13-19/h6-13,16,21,28H,14-15H2,1-5H3,(H,26,30)/t21-/m1/s1. The van der Waals surface area contributed by atoms with Gasteiger partial charge in [0.15, 0.2) is 6.10 Å². The number of ether oxygens (including phenoxy) is 2. The first-order valence-corrected chi connectivity index (χ1v) is 10.8. The lowest BCUT2D eigenvalue weighted by molar-refractivity contribution is -0.159. The summed E-state index contributed by atoms with van der Waals surface area (Å²) in [5.41, 5.74) is 4.74. The van der Waals surface area contributed by atoms with Crippen molar-refractivity contribution in [1.29, 1.82) is 0 Å². The van der Waals surface area contributed by atoms with Gasteiger partial charge in [0.2, 0.25) is 0 Å². The zero-order valence-electron chi connectivity index (χ0n) is 19.1. The lowest BCUT2D eigenvalue weighted by Crippen LogP contribution is -2.49. The van der Waals surface area contributed by atoms with Crippen LogP contribution in [0.15, 0.2) is 48.5 Å². The number of halogens is 1. The molecule has 0 aliphatic carbocycles. The molecule has 0 aliphatic rings. The molecular weight excluding hydrogens is 432 g/mol. The fraction of sp³-hybridized carbons (Fsp3) is 0.417. The van der Waals surface area contributed by atoms with Crippen molar-refractivity contribution in [2.45, 2.75) is 59.0 Å². The van der Waals surface area contributed by atoms with Crippen molar-refractivity contribution in [2.75, 3.05) is 6.54 Å². The largest absolute Gasteiger partial charge is 0.461 e. The summed E-state index contributed by atoms with van der Waals surface area (Å²) in [6, 6.07) is 15.2. The van der Waals surface area contributed by atoms with Crippen LogP contribution >= 0.6 is 11.6 Å². The van der Waals surface area contributed by atoms with E-state index in [0.717, 1.165) is 16.7 Å². The monoisotopic (exact) mass is 462 g/mol. The smallest absolute Gasteiger partial charge is 0.422 e. The van der Waals surface area contributed by atoms with Crippen molar-refractivity contribution < 1.29 is 24.2 Å². The van der Waals surface area contributed by atoms with E-state index in [1.165, 1.54) is 5.01 Å². The number of hydrazine groups is 1. The first-order valence-electron chi connectivity index (χ1n) is 10.4. The van der Waals surface area contributed by atoms with E-state index in [0.29, 0.717) is 5.02 Å². The molecule has 0 bridgehead atoms. The maximum atomic E-state index is 12.3. The summed E-state index contributed by atoms with van der Waals surface area (Å²) in [7, 11) is 0. The summed E-state index contributed by atoms with van der Waals surface area (Å²) in [6.45, 7) is 8.72. The number of esters is 1. The van der Waals surface area contributed by atoms with Gasteiger partial charge in [0.25, 0.3) is 0 Å². The van der Waals surface area contributed by atoms with Crippen LogP contribution in [0.5, 0.6) is 0 Å². The first kappa shape index (κ1) is 25.6. The molecular formula is C24H31ClN2O5. The molecule has 2 N–H and O–H groups in total. The molecule has 2 aromatic rings. The third-order valence-corrected chi connectivity index (χ3v) is 4.39. The molecule has 7 nitrogen and oxygen atoms in total. The number of aliphatic hydroxyl groups is 1. The van der Waals surface area contributed by atoms with Gasteiger partial charge in [-0.3, -0.25) is 5.43 Å². The molecule has 0 aliphatic heterocycles. The number of hydrogen-bond donors (Lipinski definition) is 2. The number of hydrogen-bond acceptors (Lipinski definition) is 6. The van der Waals surface area contributed by atoms with Crippen molar-refractivity contribution in [1.82, 2.24) is 10.4 Å². The fourth-order valence-corrected chi connectivity index (χ4v) is 3.06. The van der Waals surface area contributed by atoms with Gasteiger partial charge < -0.3 is 14.6 Å². The van der Waals surface area contributed by atoms with E-state index < -0.39 is 23.8 Å². The minimum Gasteiger partial charge on any atom is -0.461 e. The second-order valence-corrected chi connectivity index (χ2v) is 9.14. The zero-order valence-corrected chi connectivity index (χ0v) is 19.8. The average molecular weight is 463 g/mol. The van der Waals surface area contributed by atoms with E-state index in [4.69, 9.17) is 21.1 Å². The van der Waals surface area contributed by atoms with Gasteiger partial charge >= 0.3 is 12.1 Å². The van der Waals surface area contributed by atoms with Gasteiger partial charge in [-0.15, -0.1) is 0 Å². The van der Waals surface area contributed by atoms with E-state index >= 15 is 0 Å². The number of carbonyl (C=O) groups is 2. The molecule has 8 heteroatoms. The summed E-state index contributed by atoms with van der Waals surface area (Å²) in [6.07, 6.45) is -2.47. The summed E-state index contributed by atoms with van der Waals surface area (Å²) in [5, 5.41) is 12.3. The quantitative estimate of drug-likeness (QED) is 0.441. The Morgan fingerprint density at radius 2 is 1.75 bits per heavy atom. The van der Waals surface area contributed by atoms with E-state index in [2.05, 4.69) is 5.43 Å². The SMILES string of the molecule is CC(C)OC(=O)[C@H](O)CN(Cc1ccc(-c2cccc(Cl)c2)cc1)NC(=O)OC(C)(C)C. The Balaban J connectivity index is 2.13. The van der Waals surface area contributed by atoms with Crippen molar-refractivity contribution in [3.8, 4) is 11.1 Å². The summed E-state index contributed by atoms with van der Waals surface area (Å²) in [5.74, 6) is -0.757. The van der Waals surface area contributed by atoms with Crippen molar-refractivity contribution in [3.63, 3.8) is 0 Å². The third kappa shape index (κ3) is 8.86. The topological polar surface area (TPSA) is 88.1 Å². The summed E-state index contributed by atoms with van der Waals surface area (Å²) in [4.78, 5) is 24.3. The molecule has 0 unspecified atom stereocenters. The molecule has 1 amide bonds. The van der Waals surface area contributed by atoms with Crippen molar-refractivity contribution >= 4 is 23.7 Å². The normalized spacial score (nSPS) is 12.5. The molecule has 1 atom stereocenters. The van der Waals surface area contributed by atoms with Crippen LogP contribution in [-0.4, -0.2) is 46.5 Å². The van der Waals surface area contributed by atoms with E-state index in [1.807, 2.05) is 48.5 Å².